The van der Waals surface area contributed by atoms with E-state index in [4.69, 9.17) is 0 Å². The van der Waals surface area contributed by atoms with Crippen molar-refractivity contribution in [2.75, 3.05) is 0 Å². The normalized spacial score (nSPS) is 12.8. The van der Waals surface area contributed by atoms with Crippen molar-refractivity contribution in [2.45, 2.75) is 46.4 Å². The average molecular weight is 247 g/mol. The van der Waals surface area contributed by atoms with Crippen molar-refractivity contribution in [3.05, 3.63) is 35.9 Å². The lowest BCUT2D eigenvalue weighted by Gasteiger charge is -2.14. The van der Waals surface area contributed by atoms with Crippen LogP contribution in [0.5, 0.6) is 0 Å². The molecule has 1 atom stereocenters. The van der Waals surface area contributed by atoms with Crippen LogP contribution >= 0.6 is 0 Å². The smallest absolute Gasteiger partial charge is 0.0597 e. The van der Waals surface area contributed by atoms with E-state index in [1.165, 1.54) is 5.69 Å². The third-order valence-corrected chi connectivity index (χ3v) is 2.94. The maximum Gasteiger partial charge on any atom is 0.0597 e. The molecule has 0 amide bonds. The second-order valence-corrected chi connectivity index (χ2v) is 4.60. The van der Waals surface area contributed by atoms with Crippen molar-refractivity contribution in [1.82, 2.24) is 24.9 Å². The van der Waals surface area contributed by atoms with E-state index in [9.17, 15) is 0 Å². The molecule has 5 nitrogen and oxygen atoms in total. The molecule has 5 heteroatoms. The van der Waals surface area contributed by atoms with Gasteiger partial charge in [0.05, 0.1) is 17.9 Å². The summed E-state index contributed by atoms with van der Waals surface area (Å²) in [7, 11) is 0. The highest BCUT2D eigenvalue weighted by Gasteiger charge is 2.07. The fourth-order valence-corrected chi connectivity index (χ4v) is 2.05. The Bertz CT molecular complexity index is 472. The van der Waals surface area contributed by atoms with Gasteiger partial charge in [-0.15, -0.1) is 0 Å². The number of hydrogen-bond donors (Lipinski definition) is 1. The molecule has 2 aromatic rings. The van der Waals surface area contributed by atoms with Crippen LogP contribution in [-0.4, -0.2) is 25.6 Å². The molecule has 2 rings (SSSR count). The summed E-state index contributed by atoms with van der Waals surface area (Å²) in [4.78, 5) is 0. The molecule has 0 aliphatic carbocycles. The minimum absolute atomic E-state index is 0.380. The number of nitrogens with one attached hydrogen (secondary N) is 1. The Labute approximate surface area is 108 Å². The van der Waals surface area contributed by atoms with E-state index in [2.05, 4.69) is 35.4 Å². The summed E-state index contributed by atoms with van der Waals surface area (Å²) in [6.07, 6.45) is 3.79. The predicted molar refractivity (Wildman–Crippen MR) is 71.2 cm³/mol. The zero-order chi connectivity index (χ0) is 13.0. The van der Waals surface area contributed by atoms with Gasteiger partial charge in [-0.2, -0.15) is 10.2 Å². The highest BCUT2D eigenvalue weighted by molar-refractivity contribution is 5.08. The van der Waals surface area contributed by atoms with Crippen molar-refractivity contribution in [3.8, 4) is 0 Å². The Hall–Kier alpha value is -1.62. The lowest BCUT2D eigenvalue weighted by molar-refractivity contribution is 0.440. The van der Waals surface area contributed by atoms with E-state index in [1.54, 1.807) is 0 Å². The first-order valence-electron chi connectivity index (χ1n) is 6.43. The molecule has 0 saturated carbocycles. The van der Waals surface area contributed by atoms with Crippen molar-refractivity contribution in [2.24, 2.45) is 0 Å². The summed E-state index contributed by atoms with van der Waals surface area (Å²) < 4.78 is 3.99. The van der Waals surface area contributed by atoms with E-state index in [0.29, 0.717) is 6.04 Å². The van der Waals surface area contributed by atoms with Crippen molar-refractivity contribution in [1.29, 1.82) is 0 Å². The number of hydrogen-bond acceptors (Lipinski definition) is 3. The summed E-state index contributed by atoms with van der Waals surface area (Å²) in [6, 6.07) is 4.46. The minimum Gasteiger partial charge on any atom is -0.307 e. The maximum absolute atomic E-state index is 4.44. The van der Waals surface area contributed by atoms with Crippen LogP contribution < -0.4 is 5.32 Å². The molecule has 2 heterocycles. The van der Waals surface area contributed by atoms with Gasteiger partial charge < -0.3 is 5.32 Å². The molecular formula is C13H21N5. The van der Waals surface area contributed by atoms with E-state index < -0.39 is 0 Å². The van der Waals surface area contributed by atoms with Crippen molar-refractivity contribution >= 4 is 0 Å². The van der Waals surface area contributed by atoms with Crippen LogP contribution in [0.3, 0.4) is 0 Å². The Morgan fingerprint density at radius 3 is 2.94 bits per heavy atom. The third-order valence-electron chi connectivity index (χ3n) is 2.94. The molecule has 0 radical (unpaired) electrons. The fourth-order valence-electron chi connectivity index (χ4n) is 2.05. The van der Waals surface area contributed by atoms with Crippen LogP contribution in [0.25, 0.3) is 0 Å². The van der Waals surface area contributed by atoms with Crippen molar-refractivity contribution < 1.29 is 0 Å². The molecule has 18 heavy (non-hydrogen) atoms. The summed E-state index contributed by atoms with van der Waals surface area (Å²) in [5, 5.41) is 12.2. The van der Waals surface area contributed by atoms with Crippen LogP contribution in [0, 0.1) is 6.92 Å². The Morgan fingerprint density at radius 2 is 2.28 bits per heavy atom. The predicted octanol–water partition coefficient (Wildman–Crippen LogP) is 1.59. The minimum atomic E-state index is 0.380. The highest BCUT2D eigenvalue weighted by atomic mass is 15.3. The fraction of sp³-hybridized carbons (Fsp3) is 0.538. The molecule has 98 valence electrons. The van der Waals surface area contributed by atoms with Gasteiger partial charge in [-0.1, -0.05) is 0 Å². The second-order valence-electron chi connectivity index (χ2n) is 4.60. The summed E-state index contributed by atoms with van der Waals surface area (Å²) in [5.74, 6) is 0. The average Bonchev–Trinajstić information content (AvgIpc) is 2.95. The van der Waals surface area contributed by atoms with Gasteiger partial charge in [-0.25, -0.2) is 0 Å². The number of rotatable bonds is 6. The number of aryl methyl sites for hydroxylation is 2. The van der Waals surface area contributed by atoms with Gasteiger partial charge in [0.2, 0.25) is 0 Å². The molecule has 1 unspecified atom stereocenters. The molecule has 0 aliphatic rings. The molecule has 0 saturated heterocycles. The molecular weight excluding hydrogens is 226 g/mol. The number of aromatic nitrogens is 4. The molecule has 0 aromatic carbocycles. The van der Waals surface area contributed by atoms with E-state index in [0.717, 1.165) is 25.3 Å². The molecule has 0 aliphatic heterocycles. The van der Waals surface area contributed by atoms with Crippen LogP contribution in [-0.2, 0) is 19.6 Å². The largest absolute Gasteiger partial charge is 0.307 e. The van der Waals surface area contributed by atoms with Gasteiger partial charge in [0.1, 0.15) is 0 Å². The Kier molecular flexibility index (Phi) is 4.15. The zero-order valence-corrected chi connectivity index (χ0v) is 11.3. The van der Waals surface area contributed by atoms with Gasteiger partial charge in [0, 0.05) is 31.5 Å². The molecule has 0 fully saturated rings. The molecule has 1 N–H and O–H groups in total. The monoisotopic (exact) mass is 247 g/mol. The van der Waals surface area contributed by atoms with Gasteiger partial charge in [-0.05, 0) is 32.9 Å². The van der Waals surface area contributed by atoms with Crippen LogP contribution in [0.4, 0.5) is 0 Å². The summed E-state index contributed by atoms with van der Waals surface area (Å²) in [5.41, 5.74) is 2.32. The molecule has 0 spiro atoms. The maximum atomic E-state index is 4.44. The molecule has 0 bridgehead atoms. The first-order valence-corrected chi connectivity index (χ1v) is 6.43. The lowest BCUT2D eigenvalue weighted by atomic mass is 10.3. The summed E-state index contributed by atoms with van der Waals surface area (Å²) >= 11 is 0. The SMILES string of the molecule is CCn1nc(C)cc1CNC(C)Cn1cccn1. The quantitative estimate of drug-likeness (QED) is 0.843. The highest BCUT2D eigenvalue weighted by Crippen LogP contribution is 2.04. The lowest BCUT2D eigenvalue weighted by Crippen LogP contribution is -2.30. The van der Waals surface area contributed by atoms with Gasteiger partial charge in [0.25, 0.3) is 0 Å². The third kappa shape index (κ3) is 3.20. The van der Waals surface area contributed by atoms with Gasteiger partial charge in [0.15, 0.2) is 0 Å². The van der Waals surface area contributed by atoms with Crippen LogP contribution in [0.15, 0.2) is 24.5 Å². The Balaban J connectivity index is 1.86. The van der Waals surface area contributed by atoms with Crippen LogP contribution in [0.2, 0.25) is 0 Å². The molecule has 2 aromatic heterocycles. The first kappa shape index (κ1) is 12.8. The van der Waals surface area contributed by atoms with Crippen molar-refractivity contribution in [3.63, 3.8) is 0 Å². The standard InChI is InChI=1S/C13H21N5/c1-4-18-13(8-11(2)16-18)9-14-12(3)10-17-7-5-6-15-17/h5-8,12,14H,4,9-10H2,1-3H3. The topological polar surface area (TPSA) is 47.7 Å². The van der Waals surface area contributed by atoms with Crippen LogP contribution in [0.1, 0.15) is 25.2 Å². The second kappa shape index (κ2) is 5.82. The Morgan fingerprint density at radius 1 is 1.44 bits per heavy atom. The van der Waals surface area contributed by atoms with E-state index in [1.807, 2.05) is 34.7 Å². The first-order chi connectivity index (χ1) is 8.69. The number of nitrogens with zero attached hydrogens (tertiary/aromatic N) is 4. The van der Waals surface area contributed by atoms with Gasteiger partial charge >= 0.3 is 0 Å². The van der Waals surface area contributed by atoms with Gasteiger partial charge in [-0.3, -0.25) is 9.36 Å². The summed E-state index contributed by atoms with van der Waals surface area (Å²) in [6.45, 7) is 8.95. The zero-order valence-electron chi connectivity index (χ0n) is 11.3. The van der Waals surface area contributed by atoms with E-state index >= 15 is 0 Å². The van der Waals surface area contributed by atoms with E-state index in [-0.39, 0.29) is 0 Å².